The molecule has 32 heavy (non-hydrogen) atoms. The minimum Gasteiger partial charge on any atom is -0.497 e. The largest absolute Gasteiger partial charge is 0.497 e. The van der Waals surface area contributed by atoms with E-state index in [1.54, 1.807) is 41.8 Å². The molecule has 0 spiro atoms. The number of fused-ring (bicyclic) bond motifs is 1. The number of anilines is 1. The Balaban J connectivity index is 1.51. The van der Waals surface area contributed by atoms with Crippen molar-refractivity contribution >= 4 is 29.4 Å². The number of thioether (sulfide) groups is 1. The highest BCUT2D eigenvalue weighted by Crippen LogP contribution is 2.35. The van der Waals surface area contributed by atoms with Crippen molar-refractivity contribution in [1.82, 2.24) is 15.1 Å². The lowest BCUT2D eigenvalue weighted by Crippen LogP contribution is -2.28. The van der Waals surface area contributed by atoms with Gasteiger partial charge in [-0.15, -0.1) is 0 Å². The predicted octanol–water partition coefficient (Wildman–Crippen LogP) is 3.22. The van der Waals surface area contributed by atoms with Gasteiger partial charge in [0.05, 0.1) is 25.5 Å². The molecule has 0 radical (unpaired) electrons. The van der Waals surface area contributed by atoms with Crippen LogP contribution in [0.4, 0.5) is 5.82 Å². The zero-order valence-electron chi connectivity index (χ0n) is 17.9. The van der Waals surface area contributed by atoms with Crippen LogP contribution in [0.2, 0.25) is 0 Å². The molecule has 2 aromatic carbocycles. The summed E-state index contributed by atoms with van der Waals surface area (Å²) in [7, 11) is 3.05. The zero-order chi connectivity index (χ0) is 22.5. The Morgan fingerprint density at radius 2 is 1.91 bits per heavy atom. The van der Waals surface area contributed by atoms with Crippen LogP contribution in [0.1, 0.15) is 27.2 Å². The molecule has 2 amide bonds. The second-order valence-electron chi connectivity index (χ2n) is 7.21. The highest BCUT2D eigenvalue weighted by molar-refractivity contribution is 7.98. The van der Waals surface area contributed by atoms with Gasteiger partial charge in [-0.05, 0) is 17.7 Å². The Kier molecular flexibility index (Phi) is 6.65. The fraction of sp³-hybridized carbons (Fsp3) is 0.261. The lowest BCUT2D eigenvalue weighted by Gasteiger charge is -2.13. The van der Waals surface area contributed by atoms with Crippen molar-refractivity contribution in [2.45, 2.75) is 24.6 Å². The summed E-state index contributed by atoms with van der Waals surface area (Å²) in [6.45, 7) is 0.446. The number of amides is 2. The molecule has 2 N–H and O–H groups in total. The average Bonchev–Trinajstić information content (AvgIpc) is 3.40. The van der Waals surface area contributed by atoms with Crippen molar-refractivity contribution < 1.29 is 19.1 Å². The quantitative estimate of drug-likeness (QED) is 0.545. The van der Waals surface area contributed by atoms with E-state index >= 15 is 0 Å². The molecule has 2 heterocycles. The fourth-order valence-electron chi connectivity index (χ4n) is 3.47. The van der Waals surface area contributed by atoms with E-state index in [4.69, 9.17) is 9.47 Å². The van der Waals surface area contributed by atoms with Crippen molar-refractivity contribution in [2.24, 2.45) is 0 Å². The van der Waals surface area contributed by atoms with Crippen molar-refractivity contribution in [3.05, 3.63) is 70.9 Å². The van der Waals surface area contributed by atoms with E-state index in [1.807, 2.05) is 30.3 Å². The first-order valence-electron chi connectivity index (χ1n) is 10.1. The molecule has 4 rings (SSSR count). The molecule has 1 aliphatic heterocycles. The van der Waals surface area contributed by atoms with E-state index in [0.29, 0.717) is 29.4 Å². The van der Waals surface area contributed by atoms with Crippen LogP contribution in [0, 0.1) is 0 Å². The van der Waals surface area contributed by atoms with E-state index < -0.39 is 0 Å². The normalized spacial score (nSPS) is 12.2. The van der Waals surface area contributed by atoms with Gasteiger partial charge in [0.25, 0.3) is 5.91 Å². The average molecular weight is 453 g/mol. The number of carbonyl (C=O) groups excluding carboxylic acids is 2. The third-order valence-corrected chi connectivity index (χ3v) is 6.10. The molecule has 0 unspecified atom stereocenters. The van der Waals surface area contributed by atoms with Crippen LogP contribution in [-0.2, 0) is 29.4 Å². The van der Waals surface area contributed by atoms with E-state index in [0.717, 1.165) is 28.3 Å². The van der Waals surface area contributed by atoms with Gasteiger partial charge in [0.2, 0.25) is 5.91 Å². The van der Waals surface area contributed by atoms with Crippen LogP contribution in [0.3, 0.4) is 0 Å². The van der Waals surface area contributed by atoms with Gasteiger partial charge in [-0.3, -0.25) is 9.59 Å². The summed E-state index contributed by atoms with van der Waals surface area (Å²) in [5.74, 6) is 2.51. The highest BCUT2D eigenvalue weighted by atomic mass is 32.2. The molecule has 0 atom stereocenters. The number of aromatic nitrogens is 2. The van der Waals surface area contributed by atoms with E-state index in [9.17, 15) is 9.59 Å². The molecule has 9 heteroatoms. The van der Waals surface area contributed by atoms with Crippen LogP contribution in [0.5, 0.6) is 11.5 Å². The monoisotopic (exact) mass is 452 g/mol. The van der Waals surface area contributed by atoms with Gasteiger partial charge < -0.3 is 20.1 Å². The van der Waals surface area contributed by atoms with Crippen LogP contribution in [0.25, 0.3) is 0 Å². The zero-order valence-corrected chi connectivity index (χ0v) is 18.7. The van der Waals surface area contributed by atoms with Crippen molar-refractivity contribution in [1.29, 1.82) is 0 Å². The third kappa shape index (κ3) is 4.72. The van der Waals surface area contributed by atoms with E-state index in [-0.39, 0.29) is 18.4 Å². The summed E-state index contributed by atoms with van der Waals surface area (Å²) in [4.78, 5) is 25.6. The Labute approximate surface area is 190 Å². The summed E-state index contributed by atoms with van der Waals surface area (Å²) in [6.07, 6.45) is 0. The topological polar surface area (TPSA) is 94.5 Å². The number of hydrogen-bond acceptors (Lipinski definition) is 6. The molecule has 0 bridgehead atoms. The standard InChI is InChI=1S/C23H24N4O4S/c1-30-16-8-9-17(20(10-16)31-2)23(29)25-22-18-13-32-14-19(18)26-27(22)12-21(28)24-11-15-6-4-3-5-7-15/h3-10H,11-14H2,1-2H3,(H,24,28)(H,25,29). The lowest BCUT2D eigenvalue weighted by atomic mass is 10.1. The minimum absolute atomic E-state index is 0.0138. The molecule has 1 aromatic heterocycles. The van der Waals surface area contributed by atoms with Gasteiger partial charge in [-0.2, -0.15) is 16.9 Å². The van der Waals surface area contributed by atoms with Gasteiger partial charge in [-0.25, -0.2) is 4.68 Å². The number of methoxy groups -OCH3 is 2. The number of ether oxygens (including phenoxy) is 2. The Hall–Kier alpha value is -3.46. The highest BCUT2D eigenvalue weighted by Gasteiger charge is 2.26. The maximum Gasteiger partial charge on any atom is 0.260 e. The SMILES string of the molecule is COc1ccc(C(=O)Nc2c3c(nn2CC(=O)NCc2ccccc2)CSC3)c(OC)c1. The summed E-state index contributed by atoms with van der Waals surface area (Å²) in [5, 5.41) is 10.4. The molecule has 0 aliphatic carbocycles. The molecular weight excluding hydrogens is 428 g/mol. The first-order chi connectivity index (χ1) is 15.6. The number of nitrogens with zero attached hydrogens (tertiary/aromatic N) is 2. The second-order valence-corrected chi connectivity index (χ2v) is 8.19. The predicted molar refractivity (Wildman–Crippen MR) is 123 cm³/mol. The maximum absolute atomic E-state index is 13.1. The number of rotatable bonds is 8. The summed E-state index contributed by atoms with van der Waals surface area (Å²) in [6, 6.07) is 14.7. The molecule has 3 aromatic rings. The van der Waals surface area contributed by atoms with Gasteiger partial charge in [0.15, 0.2) is 0 Å². The number of benzene rings is 2. The van der Waals surface area contributed by atoms with Gasteiger partial charge >= 0.3 is 0 Å². The second kappa shape index (κ2) is 9.78. The van der Waals surface area contributed by atoms with Gasteiger partial charge in [-0.1, -0.05) is 30.3 Å². The van der Waals surface area contributed by atoms with E-state index in [1.165, 1.54) is 7.11 Å². The Morgan fingerprint density at radius 1 is 1.09 bits per heavy atom. The smallest absolute Gasteiger partial charge is 0.260 e. The fourth-order valence-corrected chi connectivity index (χ4v) is 4.50. The van der Waals surface area contributed by atoms with Crippen molar-refractivity contribution in [3.63, 3.8) is 0 Å². The molecule has 1 aliphatic rings. The van der Waals surface area contributed by atoms with Crippen LogP contribution in [-0.4, -0.2) is 35.8 Å². The first-order valence-corrected chi connectivity index (χ1v) is 11.2. The summed E-state index contributed by atoms with van der Waals surface area (Å²) < 4.78 is 12.1. The number of nitrogens with one attached hydrogen (secondary N) is 2. The van der Waals surface area contributed by atoms with Crippen LogP contribution < -0.4 is 20.1 Å². The van der Waals surface area contributed by atoms with Crippen LogP contribution in [0.15, 0.2) is 48.5 Å². The number of carbonyl (C=O) groups is 2. The van der Waals surface area contributed by atoms with Crippen molar-refractivity contribution in [3.8, 4) is 11.5 Å². The maximum atomic E-state index is 13.1. The first kappa shape index (κ1) is 21.8. The minimum atomic E-state index is -0.338. The Morgan fingerprint density at radius 3 is 2.66 bits per heavy atom. The molecule has 8 nitrogen and oxygen atoms in total. The summed E-state index contributed by atoms with van der Waals surface area (Å²) >= 11 is 1.73. The van der Waals surface area contributed by atoms with Crippen LogP contribution >= 0.6 is 11.8 Å². The lowest BCUT2D eigenvalue weighted by molar-refractivity contribution is -0.122. The molecule has 0 saturated carbocycles. The van der Waals surface area contributed by atoms with Gasteiger partial charge in [0, 0.05) is 29.7 Å². The molecule has 0 saturated heterocycles. The molecule has 166 valence electrons. The third-order valence-electron chi connectivity index (χ3n) is 5.13. The van der Waals surface area contributed by atoms with Crippen molar-refractivity contribution in [2.75, 3.05) is 19.5 Å². The molecular formula is C23H24N4O4S. The summed E-state index contributed by atoms with van der Waals surface area (Å²) in [5.41, 5.74) is 3.23. The number of hydrogen-bond donors (Lipinski definition) is 2. The van der Waals surface area contributed by atoms with Gasteiger partial charge in [0.1, 0.15) is 23.9 Å². The Bertz CT molecular complexity index is 1130. The molecule has 0 fully saturated rings. The van der Waals surface area contributed by atoms with E-state index in [2.05, 4.69) is 15.7 Å².